The Kier molecular flexibility index (Phi) is 8.12. The molecule has 8 heteroatoms. The Morgan fingerprint density at radius 3 is 2.43 bits per heavy atom. The summed E-state index contributed by atoms with van der Waals surface area (Å²) in [6.07, 6.45) is 4.07. The lowest BCUT2D eigenvalue weighted by atomic mass is 9.82. The summed E-state index contributed by atoms with van der Waals surface area (Å²) in [5.74, 6) is 0.286. The number of anilines is 1. The third-order valence-electron chi connectivity index (χ3n) is 6.38. The van der Waals surface area contributed by atoms with Gasteiger partial charge < -0.3 is 26.3 Å². The highest BCUT2D eigenvalue weighted by molar-refractivity contribution is 6.05. The zero-order valence-corrected chi connectivity index (χ0v) is 23.6. The summed E-state index contributed by atoms with van der Waals surface area (Å²) in [4.78, 5) is 34.0. The molecule has 0 aliphatic carbocycles. The van der Waals surface area contributed by atoms with Gasteiger partial charge in [-0.2, -0.15) is 0 Å². The van der Waals surface area contributed by atoms with Gasteiger partial charge in [0.25, 0.3) is 11.5 Å². The number of hydrogen-bond donors (Lipinski definition) is 5. The van der Waals surface area contributed by atoms with Crippen LogP contribution in [0.15, 0.2) is 23.0 Å². The predicted molar refractivity (Wildman–Crippen MR) is 152 cm³/mol. The topological polar surface area (TPSA) is 123 Å². The number of aromatic amines is 1. The van der Waals surface area contributed by atoms with E-state index in [9.17, 15) is 9.59 Å². The van der Waals surface area contributed by atoms with E-state index in [0.29, 0.717) is 28.2 Å². The van der Waals surface area contributed by atoms with Gasteiger partial charge in [-0.1, -0.05) is 19.9 Å². The molecule has 0 spiro atoms. The number of aryl methyl sites for hydroxylation is 1. The summed E-state index contributed by atoms with van der Waals surface area (Å²) in [6.45, 7) is 18.5. The van der Waals surface area contributed by atoms with E-state index in [-0.39, 0.29) is 41.0 Å². The van der Waals surface area contributed by atoms with Gasteiger partial charge in [0.2, 0.25) is 0 Å². The minimum Gasteiger partial charge on any atom is -0.367 e. The molecule has 200 valence electrons. The van der Waals surface area contributed by atoms with Crippen molar-refractivity contribution < 1.29 is 4.79 Å². The Labute approximate surface area is 220 Å². The maximum absolute atomic E-state index is 13.6. The van der Waals surface area contributed by atoms with Gasteiger partial charge in [-0.05, 0) is 84.1 Å². The monoisotopic (exact) mass is 506 g/mol. The molecule has 3 heterocycles. The lowest BCUT2D eigenvalue weighted by molar-refractivity contribution is 0.0950. The molecule has 1 aliphatic rings. The molecule has 0 atom stereocenters. The number of pyridine rings is 2. The van der Waals surface area contributed by atoms with Gasteiger partial charge >= 0.3 is 0 Å². The number of rotatable bonds is 8. The minimum atomic E-state index is -0.350. The van der Waals surface area contributed by atoms with Crippen LogP contribution in [0.25, 0.3) is 5.57 Å². The van der Waals surface area contributed by atoms with Crippen molar-refractivity contribution in [3.8, 4) is 0 Å². The van der Waals surface area contributed by atoms with Gasteiger partial charge in [-0.3, -0.25) is 9.59 Å². The van der Waals surface area contributed by atoms with Crippen molar-refractivity contribution in [1.29, 1.82) is 5.41 Å². The third-order valence-corrected chi connectivity index (χ3v) is 6.38. The Bertz CT molecular complexity index is 1280. The molecule has 8 nitrogen and oxygen atoms in total. The molecular formula is C29H42N6O2. The first kappa shape index (κ1) is 28.3. The van der Waals surface area contributed by atoms with Gasteiger partial charge in [-0.25, -0.2) is 4.98 Å². The Morgan fingerprint density at radius 2 is 1.86 bits per heavy atom. The number of hydrogen-bond acceptors (Lipinski definition) is 6. The van der Waals surface area contributed by atoms with Crippen molar-refractivity contribution in [2.24, 2.45) is 0 Å². The summed E-state index contributed by atoms with van der Waals surface area (Å²) >= 11 is 0. The second-order valence-corrected chi connectivity index (χ2v) is 11.9. The molecule has 0 fully saturated rings. The van der Waals surface area contributed by atoms with Crippen molar-refractivity contribution in [1.82, 2.24) is 20.6 Å². The molecular weight excluding hydrogens is 464 g/mol. The zero-order chi connectivity index (χ0) is 27.7. The molecule has 37 heavy (non-hydrogen) atoms. The molecule has 2 aromatic heterocycles. The van der Waals surface area contributed by atoms with Gasteiger partial charge in [0, 0.05) is 46.7 Å². The van der Waals surface area contributed by atoms with Crippen molar-refractivity contribution in [3.63, 3.8) is 0 Å². The Balaban J connectivity index is 2.07. The number of carbonyl (C=O) groups excluding carboxylic acids is 1. The summed E-state index contributed by atoms with van der Waals surface area (Å²) in [7, 11) is 0. The molecule has 0 saturated heterocycles. The molecule has 0 bridgehead atoms. The highest BCUT2D eigenvalue weighted by Gasteiger charge is 2.33. The van der Waals surface area contributed by atoms with Crippen LogP contribution in [0.3, 0.4) is 0 Å². The Hall–Kier alpha value is -3.26. The van der Waals surface area contributed by atoms with Gasteiger partial charge in [0.05, 0.1) is 11.3 Å². The van der Waals surface area contributed by atoms with Crippen molar-refractivity contribution >= 4 is 23.5 Å². The molecule has 0 saturated carbocycles. The highest BCUT2D eigenvalue weighted by atomic mass is 16.1. The van der Waals surface area contributed by atoms with E-state index in [0.717, 1.165) is 23.3 Å². The zero-order valence-electron chi connectivity index (χ0n) is 23.6. The average molecular weight is 507 g/mol. The van der Waals surface area contributed by atoms with Crippen LogP contribution in [0.1, 0.15) is 106 Å². The maximum Gasteiger partial charge on any atom is 0.253 e. The van der Waals surface area contributed by atoms with Crippen molar-refractivity contribution in [3.05, 3.63) is 62.2 Å². The fraction of sp³-hybridized carbons (Fsp3) is 0.517. The average Bonchev–Trinajstić information content (AvgIpc) is 2.74. The molecule has 0 radical (unpaired) electrons. The van der Waals surface area contributed by atoms with Crippen LogP contribution in [-0.2, 0) is 6.54 Å². The number of nitrogens with zero attached hydrogens (tertiary/aromatic N) is 1. The smallest absolute Gasteiger partial charge is 0.253 e. The molecule has 3 rings (SSSR count). The fourth-order valence-corrected chi connectivity index (χ4v) is 5.22. The maximum atomic E-state index is 13.6. The number of H-pyrrole nitrogens is 1. The highest BCUT2D eigenvalue weighted by Crippen LogP contribution is 2.34. The van der Waals surface area contributed by atoms with Crippen molar-refractivity contribution in [2.75, 3.05) is 5.32 Å². The Morgan fingerprint density at radius 1 is 1.19 bits per heavy atom. The van der Waals surface area contributed by atoms with Gasteiger partial charge in [0.15, 0.2) is 0 Å². The first-order chi connectivity index (χ1) is 17.1. The van der Waals surface area contributed by atoms with E-state index >= 15 is 0 Å². The third kappa shape index (κ3) is 6.74. The fourth-order valence-electron chi connectivity index (χ4n) is 5.22. The SMILES string of the molecule is Cc1cc(C(C)C)c(CNC(=O)c2cc(C3=CC(C)(C)NC(C)(C)C3)nc(NC(C)C)c2C=N)c(=O)[nH]1. The van der Waals surface area contributed by atoms with Crippen LogP contribution in [-0.4, -0.2) is 39.2 Å². The molecule has 2 aromatic rings. The second kappa shape index (κ2) is 10.6. The first-order valence-electron chi connectivity index (χ1n) is 13.0. The van der Waals surface area contributed by atoms with Crippen LogP contribution in [0.4, 0.5) is 5.82 Å². The summed E-state index contributed by atoms with van der Waals surface area (Å²) < 4.78 is 0. The predicted octanol–water partition coefficient (Wildman–Crippen LogP) is 4.88. The normalized spacial score (nSPS) is 16.5. The second-order valence-electron chi connectivity index (χ2n) is 11.9. The number of nitrogens with one attached hydrogen (secondary N) is 5. The standard InChI is InChI=1S/C29H42N6O2/c1-16(2)20-10-18(5)33-27(37)23(20)15-31-26(36)21-11-24(34-25(22(21)14-30)32-17(3)4)19-12-28(6,7)35-29(8,9)13-19/h10-12,14,16-17,30,35H,13,15H2,1-9H3,(H,31,36)(H,32,34)(H,33,37). The van der Waals surface area contributed by atoms with Crippen LogP contribution in [0, 0.1) is 12.3 Å². The van der Waals surface area contributed by atoms with E-state index < -0.39 is 0 Å². The summed E-state index contributed by atoms with van der Waals surface area (Å²) in [5.41, 5.74) is 4.19. The lowest BCUT2D eigenvalue weighted by Gasteiger charge is -2.41. The van der Waals surface area contributed by atoms with E-state index in [1.807, 2.05) is 40.7 Å². The van der Waals surface area contributed by atoms with Crippen LogP contribution >= 0.6 is 0 Å². The van der Waals surface area contributed by atoms with Crippen molar-refractivity contribution in [2.45, 2.75) is 98.3 Å². The largest absolute Gasteiger partial charge is 0.367 e. The summed E-state index contributed by atoms with van der Waals surface area (Å²) in [6, 6.07) is 3.79. The minimum absolute atomic E-state index is 0.0620. The first-order valence-corrected chi connectivity index (χ1v) is 13.0. The van der Waals surface area contributed by atoms with E-state index in [4.69, 9.17) is 10.4 Å². The van der Waals surface area contributed by atoms with E-state index in [2.05, 4.69) is 54.7 Å². The van der Waals surface area contributed by atoms with E-state index in [1.165, 1.54) is 6.21 Å². The number of aromatic nitrogens is 2. The van der Waals surface area contributed by atoms with Gasteiger partial charge in [0.1, 0.15) is 5.82 Å². The van der Waals surface area contributed by atoms with Crippen LogP contribution < -0.4 is 21.5 Å². The molecule has 1 amide bonds. The quantitative estimate of drug-likeness (QED) is 0.327. The van der Waals surface area contributed by atoms with Gasteiger partial charge in [-0.15, -0.1) is 0 Å². The molecule has 1 aliphatic heterocycles. The number of amides is 1. The lowest BCUT2D eigenvalue weighted by Crippen LogP contribution is -2.53. The summed E-state index contributed by atoms with van der Waals surface area (Å²) in [5, 5.41) is 18.0. The van der Waals surface area contributed by atoms with Crippen LogP contribution in [0.2, 0.25) is 0 Å². The van der Waals surface area contributed by atoms with Crippen LogP contribution in [0.5, 0.6) is 0 Å². The molecule has 0 aromatic carbocycles. The number of carbonyl (C=O) groups is 1. The molecule has 5 N–H and O–H groups in total. The molecule has 0 unspecified atom stereocenters. The van der Waals surface area contributed by atoms with E-state index in [1.54, 1.807) is 6.07 Å².